The number of non-ortho nitro benzene ring substituents is 1. The Morgan fingerprint density at radius 3 is 2.54 bits per heavy atom. The van der Waals surface area contributed by atoms with Crippen molar-refractivity contribution in [1.29, 1.82) is 0 Å². The Hall–Kier alpha value is -3.19. The van der Waals surface area contributed by atoms with Crippen molar-refractivity contribution in [2.75, 3.05) is 0 Å². The van der Waals surface area contributed by atoms with Gasteiger partial charge in [-0.3, -0.25) is 25.3 Å². The number of rotatable bonds is 3. The van der Waals surface area contributed by atoms with Crippen molar-refractivity contribution in [3.8, 4) is 0 Å². The minimum Gasteiger partial charge on any atom is -0.300 e. The summed E-state index contributed by atoms with van der Waals surface area (Å²) in [6, 6.07) is 20.3. The van der Waals surface area contributed by atoms with Crippen LogP contribution in [0.3, 0.4) is 0 Å². The van der Waals surface area contributed by atoms with Crippen molar-refractivity contribution < 1.29 is 9.68 Å². The van der Waals surface area contributed by atoms with Crippen LogP contribution in [0.25, 0.3) is 10.8 Å². The fourth-order valence-electron chi connectivity index (χ4n) is 2.75. The van der Waals surface area contributed by atoms with E-state index in [0.717, 1.165) is 21.8 Å². The van der Waals surface area contributed by atoms with Crippen LogP contribution in [-0.2, 0) is 4.76 Å². The molecule has 0 spiro atoms. The highest BCUT2D eigenvalue weighted by Crippen LogP contribution is 2.16. The Morgan fingerprint density at radius 1 is 1.00 bits per heavy atom. The van der Waals surface area contributed by atoms with Gasteiger partial charge in [-0.15, -0.1) is 0 Å². The van der Waals surface area contributed by atoms with Crippen molar-refractivity contribution in [2.45, 2.75) is 0 Å². The third-order valence-corrected chi connectivity index (χ3v) is 3.95. The van der Waals surface area contributed by atoms with Crippen LogP contribution < -0.4 is 10.9 Å². The quantitative estimate of drug-likeness (QED) is 0.457. The number of fused-ring (bicyclic) bond motifs is 1. The van der Waals surface area contributed by atoms with Gasteiger partial charge < -0.3 is 0 Å². The maximum absolute atomic E-state index is 10.7. The van der Waals surface area contributed by atoms with E-state index in [4.69, 9.17) is 4.76 Å². The highest BCUT2D eigenvalue weighted by molar-refractivity contribution is 6.70. The molecule has 3 aromatic rings. The third-order valence-electron chi connectivity index (χ3n) is 3.95. The Kier molecular flexibility index (Phi) is 3.47. The van der Waals surface area contributed by atoms with E-state index in [1.54, 1.807) is 12.1 Å². The molecular weight excluding hydrogens is 305 g/mol. The van der Waals surface area contributed by atoms with Crippen molar-refractivity contribution >= 4 is 34.8 Å². The zero-order valence-corrected chi connectivity index (χ0v) is 12.5. The molecule has 0 atom stereocenters. The van der Waals surface area contributed by atoms with Crippen molar-refractivity contribution in [1.82, 2.24) is 5.48 Å². The maximum Gasteiger partial charge on any atom is 0.497 e. The number of benzene rings is 3. The van der Waals surface area contributed by atoms with E-state index in [-0.39, 0.29) is 5.69 Å². The van der Waals surface area contributed by atoms with Gasteiger partial charge in [-0.1, -0.05) is 42.5 Å². The van der Waals surface area contributed by atoms with Crippen LogP contribution in [0.4, 0.5) is 5.69 Å². The summed E-state index contributed by atoms with van der Waals surface area (Å²) >= 11 is 0. The van der Waals surface area contributed by atoms with Gasteiger partial charge in [0.1, 0.15) is 5.84 Å². The van der Waals surface area contributed by atoms with Crippen LogP contribution in [0.5, 0.6) is 0 Å². The number of amidine groups is 1. The lowest BCUT2D eigenvalue weighted by molar-refractivity contribution is -0.384. The predicted octanol–water partition coefficient (Wildman–Crippen LogP) is 2.42. The number of nitrogens with one attached hydrogen (secondary N) is 1. The summed E-state index contributed by atoms with van der Waals surface area (Å²) in [4.78, 5) is 14.9. The fourth-order valence-corrected chi connectivity index (χ4v) is 2.75. The summed E-state index contributed by atoms with van der Waals surface area (Å²) in [6.45, 7) is 0. The molecule has 0 aliphatic carbocycles. The summed E-state index contributed by atoms with van der Waals surface area (Å²) in [6.07, 6.45) is 0. The minimum atomic E-state index is -0.457. The molecule has 0 bridgehead atoms. The molecule has 1 aliphatic rings. The summed E-state index contributed by atoms with van der Waals surface area (Å²) < 4.78 is 5.60. The van der Waals surface area contributed by atoms with Gasteiger partial charge in [0.2, 0.25) is 0 Å². The Bertz CT molecular complexity index is 951. The number of hydrogen-bond donors (Lipinski definition) is 1. The molecule has 3 aromatic carbocycles. The van der Waals surface area contributed by atoms with Crippen LogP contribution in [0.2, 0.25) is 0 Å². The van der Waals surface area contributed by atoms with E-state index in [0.29, 0.717) is 5.84 Å². The van der Waals surface area contributed by atoms with Gasteiger partial charge in [-0.25, -0.2) is 0 Å². The van der Waals surface area contributed by atoms with Crippen LogP contribution in [-0.4, -0.2) is 17.8 Å². The van der Waals surface area contributed by atoms with E-state index in [1.807, 2.05) is 42.5 Å². The minimum absolute atomic E-state index is 0.0452. The van der Waals surface area contributed by atoms with Crippen LogP contribution in [0.15, 0.2) is 71.6 Å². The largest absolute Gasteiger partial charge is 0.497 e. The molecule has 4 rings (SSSR count). The lowest BCUT2D eigenvalue weighted by atomic mass is 9.72. The van der Waals surface area contributed by atoms with Gasteiger partial charge in [-0.05, 0) is 28.4 Å². The first-order valence-electron chi connectivity index (χ1n) is 7.44. The summed E-state index contributed by atoms with van der Waals surface area (Å²) in [7, 11) is -0.457. The Labute approximate surface area is 138 Å². The molecule has 0 fully saturated rings. The van der Waals surface area contributed by atoms with Crippen LogP contribution in [0.1, 0.15) is 5.56 Å². The normalized spacial score (nSPS) is 13.7. The first kappa shape index (κ1) is 14.4. The molecule has 0 radical (unpaired) electrons. The maximum atomic E-state index is 10.7. The second-order valence-corrected chi connectivity index (χ2v) is 5.42. The predicted molar refractivity (Wildman–Crippen MR) is 93.2 cm³/mol. The molecule has 7 heteroatoms. The molecule has 24 heavy (non-hydrogen) atoms. The molecule has 116 valence electrons. The first-order valence-corrected chi connectivity index (χ1v) is 7.44. The second kappa shape index (κ2) is 5.79. The second-order valence-electron chi connectivity index (χ2n) is 5.42. The molecule has 0 amide bonds. The van der Waals surface area contributed by atoms with Crippen molar-refractivity contribution in [3.05, 3.63) is 82.4 Å². The highest BCUT2D eigenvalue weighted by atomic mass is 16.6. The van der Waals surface area contributed by atoms with Gasteiger partial charge in [-0.2, -0.15) is 0 Å². The lowest BCUT2D eigenvalue weighted by Crippen LogP contribution is -2.32. The lowest BCUT2D eigenvalue weighted by Gasteiger charge is -2.06. The van der Waals surface area contributed by atoms with Gasteiger partial charge in [0.15, 0.2) is 0 Å². The fraction of sp³-hybridized carbons (Fsp3) is 0. The van der Waals surface area contributed by atoms with E-state index < -0.39 is 12.0 Å². The Balaban J connectivity index is 1.68. The summed E-state index contributed by atoms with van der Waals surface area (Å²) in [5.74, 6) is 0.558. The summed E-state index contributed by atoms with van der Waals surface area (Å²) in [5, 5.41) is 12.9. The molecular formula is C17H12BN3O3. The van der Waals surface area contributed by atoms with E-state index in [2.05, 4.69) is 10.4 Å². The van der Waals surface area contributed by atoms with Crippen LogP contribution >= 0.6 is 0 Å². The molecule has 1 heterocycles. The van der Waals surface area contributed by atoms with Gasteiger partial charge in [0, 0.05) is 17.7 Å². The zero-order valence-electron chi connectivity index (χ0n) is 12.5. The number of hydroxylamine groups is 1. The van der Waals surface area contributed by atoms with Crippen molar-refractivity contribution in [2.24, 2.45) is 4.90 Å². The first-order chi connectivity index (χ1) is 11.7. The molecule has 0 saturated heterocycles. The van der Waals surface area contributed by atoms with Gasteiger partial charge >= 0.3 is 7.05 Å². The zero-order chi connectivity index (χ0) is 16.5. The Morgan fingerprint density at radius 2 is 1.75 bits per heavy atom. The average molecular weight is 317 g/mol. The molecule has 0 unspecified atom stereocenters. The SMILES string of the molecule is O=[N+]([O-])c1ccc(C2=NB(c3cccc4ccccc34)ON2)cc1. The number of nitrogens with zero attached hydrogens (tertiary/aromatic N) is 2. The van der Waals surface area contributed by atoms with Crippen molar-refractivity contribution in [3.63, 3.8) is 0 Å². The average Bonchev–Trinajstić information content (AvgIpc) is 3.11. The smallest absolute Gasteiger partial charge is 0.300 e. The third kappa shape index (κ3) is 2.51. The van der Waals surface area contributed by atoms with E-state index in [9.17, 15) is 10.1 Å². The van der Waals surface area contributed by atoms with E-state index >= 15 is 0 Å². The molecule has 1 aliphatic heterocycles. The highest BCUT2D eigenvalue weighted by Gasteiger charge is 2.28. The molecule has 1 N–H and O–H groups in total. The topological polar surface area (TPSA) is 76.8 Å². The van der Waals surface area contributed by atoms with E-state index in [1.165, 1.54) is 12.1 Å². The molecule has 0 aromatic heterocycles. The van der Waals surface area contributed by atoms with Crippen LogP contribution in [0, 0.1) is 10.1 Å². The number of hydrogen-bond acceptors (Lipinski definition) is 5. The standard InChI is InChI=1S/C17H12BN3O3/c22-21(23)14-10-8-13(9-11-14)17-19-18(24-20-17)16-7-3-5-12-4-1-2-6-15(12)16/h1-11H,(H,19,20). The van der Waals surface area contributed by atoms with Gasteiger partial charge in [0.05, 0.1) is 4.92 Å². The number of nitro benzene ring substituents is 1. The molecule has 0 saturated carbocycles. The monoisotopic (exact) mass is 317 g/mol. The van der Waals surface area contributed by atoms with Gasteiger partial charge in [0.25, 0.3) is 5.69 Å². The number of nitro groups is 1. The summed E-state index contributed by atoms with van der Waals surface area (Å²) in [5.41, 5.74) is 4.57. The molecule has 6 nitrogen and oxygen atoms in total.